The third-order valence-corrected chi connectivity index (χ3v) is 4.50. The molecule has 0 aliphatic heterocycles. The molecule has 0 spiro atoms. The van der Waals surface area contributed by atoms with Crippen LogP contribution in [0.1, 0.15) is 28.9 Å². The molecule has 3 nitrogen and oxygen atoms in total. The highest BCUT2D eigenvalue weighted by Gasteiger charge is 2.33. The molecular formula is C16H14BrClN2O. The Morgan fingerprint density at radius 3 is 2.76 bits per heavy atom. The van der Waals surface area contributed by atoms with Crippen molar-refractivity contribution >= 4 is 33.4 Å². The van der Waals surface area contributed by atoms with Gasteiger partial charge in [-0.15, -0.1) is 0 Å². The molecule has 5 heteroatoms. The van der Waals surface area contributed by atoms with Gasteiger partial charge in [-0.25, -0.2) is 0 Å². The lowest BCUT2D eigenvalue weighted by atomic mass is 10.2. The summed E-state index contributed by atoms with van der Waals surface area (Å²) in [4.78, 5) is 18.7. The zero-order chi connectivity index (χ0) is 14.8. The van der Waals surface area contributed by atoms with Gasteiger partial charge in [-0.05, 0) is 36.6 Å². The summed E-state index contributed by atoms with van der Waals surface area (Å²) < 4.78 is 1.02. The van der Waals surface area contributed by atoms with Crippen LogP contribution in [-0.4, -0.2) is 21.8 Å². The van der Waals surface area contributed by atoms with Gasteiger partial charge in [-0.3, -0.25) is 9.78 Å². The SMILES string of the molecule is O=C(c1cc(Cl)ccn1)N(Cc1ccccc1Br)C1CC1. The number of pyridine rings is 1. The number of halogens is 2. The van der Waals surface area contributed by atoms with Gasteiger partial charge in [0.2, 0.25) is 0 Å². The van der Waals surface area contributed by atoms with Gasteiger partial charge in [0.25, 0.3) is 5.91 Å². The summed E-state index contributed by atoms with van der Waals surface area (Å²) in [5.41, 5.74) is 1.50. The predicted octanol–water partition coefficient (Wildman–Crippen LogP) is 4.30. The molecule has 1 amide bonds. The monoisotopic (exact) mass is 364 g/mol. The minimum absolute atomic E-state index is 0.0595. The summed E-state index contributed by atoms with van der Waals surface area (Å²) >= 11 is 9.49. The number of carbonyl (C=O) groups is 1. The van der Waals surface area contributed by atoms with E-state index in [1.54, 1.807) is 18.3 Å². The average molecular weight is 366 g/mol. The molecule has 0 N–H and O–H groups in total. The van der Waals surface area contributed by atoms with E-state index in [2.05, 4.69) is 20.9 Å². The first-order chi connectivity index (χ1) is 10.1. The lowest BCUT2D eigenvalue weighted by Gasteiger charge is -2.22. The molecule has 1 aromatic heterocycles. The third-order valence-electron chi connectivity index (χ3n) is 3.49. The van der Waals surface area contributed by atoms with Crippen molar-refractivity contribution in [2.45, 2.75) is 25.4 Å². The zero-order valence-corrected chi connectivity index (χ0v) is 13.6. The molecule has 0 atom stereocenters. The lowest BCUT2D eigenvalue weighted by Crippen LogP contribution is -2.33. The fraction of sp³-hybridized carbons (Fsp3) is 0.250. The topological polar surface area (TPSA) is 33.2 Å². The van der Waals surface area contributed by atoms with E-state index in [-0.39, 0.29) is 5.91 Å². The number of carbonyl (C=O) groups excluding carboxylic acids is 1. The maximum atomic E-state index is 12.7. The molecule has 1 aliphatic rings. The number of nitrogens with zero attached hydrogens (tertiary/aromatic N) is 2. The molecule has 1 heterocycles. The Hall–Kier alpha value is -1.39. The summed E-state index contributed by atoms with van der Waals surface area (Å²) in [6.07, 6.45) is 3.67. The fourth-order valence-corrected chi connectivity index (χ4v) is 2.80. The predicted molar refractivity (Wildman–Crippen MR) is 86.3 cm³/mol. The van der Waals surface area contributed by atoms with E-state index in [0.717, 1.165) is 22.9 Å². The smallest absolute Gasteiger partial charge is 0.273 e. The van der Waals surface area contributed by atoms with Gasteiger partial charge in [0.15, 0.2) is 0 Å². The van der Waals surface area contributed by atoms with E-state index in [0.29, 0.717) is 23.3 Å². The van der Waals surface area contributed by atoms with Crippen molar-refractivity contribution < 1.29 is 4.79 Å². The van der Waals surface area contributed by atoms with Crippen molar-refractivity contribution in [2.75, 3.05) is 0 Å². The Kier molecular flexibility index (Phi) is 4.27. The second-order valence-electron chi connectivity index (χ2n) is 5.11. The number of hydrogen-bond donors (Lipinski definition) is 0. The van der Waals surface area contributed by atoms with Gasteiger partial charge in [-0.2, -0.15) is 0 Å². The highest BCUT2D eigenvalue weighted by atomic mass is 79.9. The Morgan fingerprint density at radius 2 is 2.10 bits per heavy atom. The van der Waals surface area contributed by atoms with Crippen LogP contribution in [0.15, 0.2) is 47.1 Å². The second kappa shape index (κ2) is 6.16. The molecule has 108 valence electrons. The molecule has 1 aliphatic carbocycles. The zero-order valence-electron chi connectivity index (χ0n) is 11.3. The fourth-order valence-electron chi connectivity index (χ4n) is 2.23. The molecule has 1 fully saturated rings. The van der Waals surface area contributed by atoms with E-state index in [9.17, 15) is 4.79 Å². The van der Waals surface area contributed by atoms with Crippen LogP contribution < -0.4 is 0 Å². The van der Waals surface area contributed by atoms with Gasteiger partial charge in [-0.1, -0.05) is 45.7 Å². The van der Waals surface area contributed by atoms with Gasteiger partial charge in [0.05, 0.1) is 0 Å². The third kappa shape index (κ3) is 3.44. The molecule has 1 aromatic carbocycles. The summed E-state index contributed by atoms with van der Waals surface area (Å²) in [5, 5.41) is 0.532. The molecule has 21 heavy (non-hydrogen) atoms. The van der Waals surface area contributed by atoms with Crippen molar-refractivity contribution in [2.24, 2.45) is 0 Å². The number of hydrogen-bond acceptors (Lipinski definition) is 2. The van der Waals surface area contributed by atoms with Crippen LogP contribution in [0.5, 0.6) is 0 Å². The van der Waals surface area contributed by atoms with Gasteiger partial charge in [0, 0.05) is 28.3 Å². The van der Waals surface area contributed by atoms with Crippen molar-refractivity contribution in [3.8, 4) is 0 Å². The number of amides is 1. The minimum Gasteiger partial charge on any atom is -0.330 e. The summed E-state index contributed by atoms with van der Waals surface area (Å²) in [7, 11) is 0. The van der Waals surface area contributed by atoms with Crippen molar-refractivity contribution in [1.82, 2.24) is 9.88 Å². The van der Waals surface area contributed by atoms with Crippen LogP contribution in [0.25, 0.3) is 0 Å². The highest BCUT2D eigenvalue weighted by Crippen LogP contribution is 2.31. The quantitative estimate of drug-likeness (QED) is 0.809. The van der Waals surface area contributed by atoms with E-state index < -0.39 is 0 Å². The van der Waals surface area contributed by atoms with Crippen molar-refractivity contribution in [3.05, 3.63) is 63.3 Å². The van der Waals surface area contributed by atoms with Gasteiger partial charge >= 0.3 is 0 Å². The standard InChI is InChI=1S/C16H14BrClN2O/c17-14-4-2-1-3-11(14)10-20(13-5-6-13)16(21)15-9-12(18)7-8-19-15/h1-4,7-9,13H,5-6,10H2. The molecule has 0 saturated heterocycles. The van der Waals surface area contributed by atoms with Crippen LogP contribution in [-0.2, 0) is 6.54 Å². The minimum atomic E-state index is -0.0595. The van der Waals surface area contributed by atoms with Crippen molar-refractivity contribution in [3.63, 3.8) is 0 Å². The summed E-state index contributed by atoms with van der Waals surface area (Å²) in [6.45, 7) is 0.582. The molecule has 0 unspecified atom stereocenters. The number of rotatable bonds is 4. The van der Waals surface area contributed by atoms with Crippen LogP contribution in [0.3, 0.4) is 0 Å². The maximum Gasteiger partial charge on any atom is 0.273 e. The Bertz CT molecular complexity index is 673. The van der Waals surface area contributed by atoms with E-state index in [1.165, 1.54) is 0 Å². The normalized spacial score (nSPS) is 14.0. The van der Waals surface area contributed by atoms with Gasteiger partial charge < -0.3 is 4.90 Å². The van der Waals surface area contributed by atoms with Crippen LogP contribution in [0.4, 0.5) is 0 Å². The molecule has 0 bridgehead atoms. The summed E-state index contributed by atoms with van der Waals surface area (Å²) in [5.74, 6) is -0.0595. The Balaban J connectivity index is 1.85. The first-order valence-electron chi connectivity index (χ1n) is 6.81. The Labute approximate surface area is 137 Å². The largest absolute Gasteiger partial charge is 0.330 e. The summed E-state index contributed by atoms with van der Waals surface area (Å²) in [6, 6.07) is 11.6. The molecule has 0 radical (unpaired) electrons. The van der Waals surface area contributed by atoms with Crippen LogP contribution >= 0.6 is 27.5 Å². The Morgan fingerprint density at radius 1 is 1.33 bits per heavy atom. The average Bonchev–Trinajstić information content (AvgIpc) is 3.30. The molecule has 1 saturated carbocycles. The lowest BCUT2D eigenvalue weighted by molar-refractivity contribution is 0.0723. The number of aromatic nitrogens is 1. The van der Waals surface area contributed by atoms with Crippen molar-refractivity contribution in [1.29, 1.82) is 0 Å². The number of benzene rings is 1. The maximum absolute atomic E-state index is 12.7. The van der Waals surface area contributed by atoms with Gasteiger partial charge in [0.1, 0.15) is 5.69 Å². The first kappa shape index (κ1) is 14.5. The van der Waals surface area contributed by atoms with Crippen LogP contribution in [0, 0.1) is 0 Å². The van der Waals surface area contributed by atoms with Crippen LogP contribution in [0.2, 0.25) is 5.02 Å². The second-order valence-corrected chi connectivity index (χ2v) is 6.41. The highest BCUT2D eigenvalue weighted by molar-refractivity contribution is 9.10. The molecule has 2 aromatic rings. The molecular weight excluding hydrogens is 352 g/mol. The first-order valence-corrected chi connectivity index (χ1v) is 7.98. The van der Waals surface area contributed by atoms with E-state index in [1.807, 2.05) is 29.2 Å². The van der Waals surface area contributed by atoms with E-state index >= 15 is 0 Å². The molecule has 3 rings (SSSR count). The van der Waals surface area contributed by atoms with E-state index in [4.69, 9.17) is 11.6 Å².